The Morgan fingerprint density at radius 2 is 1.73 bits per heavy atom. The largest absolute Gasteiger partial charge is 0.261 e. The molecule has 0 bridgehead atoms. The Hall–Kier alpha value is -0.850. The molecule has 0 aliphatic heterocycles. The van der Waals surface area contributed by atoms with Crippen LogP contribution in [0.5, 0.6) is 0 Å². The van der Waals surface area contributed by atoms with E-state index in [1.807, 2.05) is 0 Å². The van der Waals surface area contributed by atoms with E-state index in [1.54, 1.807) is 0 Å². The number of pyridine rings is 1. The van der Waals surface area contributed by atoms with Gasteiger partial charge in [-0.25, -0.2) is 0 Å². The van der Waals surface area contributed by atoms with Gasteiger partial charge in [-0.15, -0.1) is 0 Å². The maximum Gasteiger partial charge on any atom is 0.0404 e. The predicted molar refractivity (Wildman–Crippen MR) is 66.3 cm³/mol. The normalized spacial score (nSPS) is 10.7. The molecular weight excluding hydrogens is 182 g/mol. The molecule has 0 fully saturated rings. The third kappa shape index (κ3) is 3.33. The molecule has 0 amide bonds. The van der Waals surface area contributed by atoms with E-state index in [0.29, 0.717) is 0 Å². The number of hydrogen-bond acceptors (Lipinski definition) is 1. The zero-order chi connectivity index (χ0) is 11.3. The summed E-state index contributed by atoms with van der Waals surface area (Å²) in [5.74, 6) is 0. The Balaban J connectivity index is 2.58. The molecule has 0 aromatic carbocycles. The first-order valence-electron chi connectivity index (χ1n) is 6.08. The fourth-order valence-electron chi connectivity index (χ4n) is 1.87. The number of rotatable bonds is 5. The van der Waals surface area contributed by atoms with Gasteiger partial charge in [-0.2, -0.15) is 0 Å². The van der Waals surface area contributed by atoms with Gasteiger partial charge in [-0.1, -0.05) is 26.2 Å². The molecule has 1 nitrogen and oxygen atoms in total. The second-order valence-electron chi connectivity index (χ2n) is 4.43. The van der Waals surface area contributed by atoms with Crippen LogP contribution in [-0.2, 0) is 6.42 Å². The summed E-state index contributed by atoms with van der Waals surface area (Å²) >= 11 is 0. The van der Waals surface area contributed by atoms with E-state index < -0.39 is 0 Å². The maximum atomic E-state index is 4.44. The van der Waals surface area contributed by atoms with E-state index in [9.17, 15) is 0 Å². The Bertz CT molecular complexity index is 315. The molecule has 0 unspecified atom stereocenters. The van der Waals surface area contributed by atoms with Gasteiger partial charge in [-0.05, 0) is 50.3 Å². The van der Waals surface area contributed by atoms with E-state index >= 15 is 0 Å². The van der Waals surface area contributed by atoms with Crippen molar-refractivity contribution in [1.82, 2.24) is 4.98 Å². The molecule has 1 heteroatoms. The second kappa shape index (κ2) is 5.89. The first-order chi connectivity index (χ1) is 7.16. The lowest BCUT2D eigenvalue weighted by atomic mass is 9.99. The summed E-state index contributed by atoms with van der Waals surface area (Å²) in [6.07, 6.45) is 8.58. The highest BCUT2D eigenvalue weighted by Crippen LogP contribution is 2.17. The quantitative estimate of drug-likeness (QED) is 0.659. The van der Waals surface area contributed by atoms with Crippen LogP contribution in [0.2, 0.25) is 0 Å². The Morgan fingerprint density at radius 1 is 1.00 bits per heavy atom. The topological polar surface area (TPSA) is 12.9 Å². The van der Waals surface area contributed by atoms with Crippen molar-refractivity contribution in [3.05, 3.63) is 28.6 Å². The number of nitrogens with zero attached hydrogens (tertiary/aromatic N) is 1. The number of hydrogen-bond donors (Lipinski definition) is 0. The fraction of sp³-hybridized carbons (Fsp3) is 0.643. The molecular formula is C14H23N. The first-order valence-corrected chi connectivity index (χ1v) is 6.08. The highest BCUT2D eigenvalue weighted by molar-refractivity contribution is 5.33. The van der Waals surface area contributed by atoms with Crippen LogP contribution in [0.1, 0.15) is 55.0 Å². The minimum atomic E-state index is 1.17. The summed E-state index contributed by atoms with van der Waals surface area (Å²) in [5.41, 5.74) is 5.42. The minimum absolute atomic E-state index is 1.17. The third-order valence-corrected chi connectivity index (χ3v) is 3.30. The minimum Gasteiger partial charge on any atom is -0.261 e. The van der Waals surface area contributed by atoms with Crippen molar-refractivity contribution in [2.75, 3.05) is 0 Å². The van der Waals surface area contributed by atoms with Crippen molar-refractivity contribution in [2.24, 2.45) is 0 Å². The molecule has 0 N–H and O–H groups in total. The summed E-state index contributed by atoms with van der Waals surface area (Å²) in [4.78, 5) is 4.44. The van der Waals surface area contributed by atoms with Crippen molar-refractivity contribution < 1.29 is 0 Å². The third-order valence-electron chi connectivity index (χ3n) is 3.30. The smallest absolute Gasteiger partial charge is 0.0404 e. The van der Waals surface area contributed by atoms with Gasteiger partial charge in [0.1, 0.15) is 0 Å². The van der Waals surface area contributed by atoms with Crippen LogP contribution >= 0.6 is 0 Å². The van der Waals surface area contributed by atoms with Crippen LogP contribution in [0, 0.1) is 20.8 Å². The summed E-state index contributed by atoms with van der Waals surface area (Å²) in [6, 6.07) is 0. The Morgan fingerprint density at radius 3 is 2.40 bits per heavy atom. The fourth-order valence-corrected chi connectivity index (χ4v) is 1.87. The van der Waals surface area contributed by atoms with Gasteiger partial charge in [0, 0.05) is 11.9 Å². The SMILES string of the molecule is CCCCCCc1cnc(C)c(C)c1C. The summed E-state index contributed by atoms with van der Waals surface area (Å²) < 4.78 is 0. The zero-order valence-corrected chi connectivity index (χ0v) is 10.6. The number of unbranched alkanes of at least 4 members (excludes halogenated alkanes) is 3. The first kappa shape index (κ1) is 12.2. The molecule has 84 valence electrons. The van der Waals surface area contributed by atoms with Gasteiger partial charge in [0.05, 0.1) is 0 Å². The number of aryl methyl sites for hydroxylation is 2. The average Bonchev–Trinajstić information content (AvgIpc) is 2.24. The molecule has 1 heterocycles. The van der Waals surface area contributed by atoms with Crippen LogP contribution in [0.15, 0.2) is 6.20 Å². The Kier molecular flexibility index (Phi) is 4.80. The van der Waals surface area contributed by atoms with Crippen LogP contribution < -0.4 is 0 Å². The van der Waals surface area contributed by atoms with Crippen LogP contribution in [0.3, 0.4) is 0 Å². The Labute approximate surface area is 93.9 Å². The van der Waals surface area contributed by atoms with Crippen molar-refractivity contribution in [1.29, 1.82) is 0 Å². The number of aromatic nitrogens is 1. The van der Waals surface area contributed by atoms with Gasteiger partial charge in [-0.3, -0.25) is 4.98 Å². The lowest BCUT2D eigenvalue weighted by molar-refractivity contribution is 0.664. The second-order valence-corrected chi connectivity index (χ2v) is 4.43. The monoisotopic (exact) mass is 205 g/mol. The van der Waals surface area contributed by atoms with Crippen molar-refractivity contribution in [3.8, 4) is 0 Å². The van der Waals surface area contributed by atoms with Gasteiger partial charge >= 0.3 is 0 Å². The summed E-state index contributed by atoms with van der Waals surface area (Å²) in [6.45, 7) is 8.73. The molecule has 0 saturated carbocycles. The molecule has 0 atom stereocenters. The highest BCUT2D eigenvalue weighted by atomic mass is 14.7. The molecule has 0 aliphatic carbocycles. The molecule has 1 aromatic rings. The molecule has 0 radical (unpaired) electrons. The van der Waals surface area contributed by atoms with E-state index in [-0.39, 0.29) is 0 Å². The predicted octanol–water partition coefficient (Wildman–Crippen LogP) is 4.13. The molecule has 0 saturated heterocycles. The van der Waals surface area contributed by atoms with Gasteiger partial charge < -0.3 is 0 Å². The standard InChI is InChI=1S/C14H23N/c1-5-6-7-8-9-14-10-15-13(4)11(2)12(14)3/h10H,5-9H2,1-4H3. The van der Waals surface area contributed by atoms with E-state index in [2.05, 4.69) is 38.9 Å². The lowest BCUT2D eigenvalue weighted by Crippen LogP contribution is -1.98. The summed E-state index contributed by atoms with van der Waals surface area (Å²) in [5, 5.41) is 0. The van der Waals surface area contributed by atoms with Gasteiger partial charge in [0.2, 0.25) is 0 Å². The molecule has 15 heavy (non-hydrogen) atoms. The van der Waals surface area contributed by atoms with E-state index in [0.717, 1.165) is 0 Å². The van der Waals surface area contributed by atoms with Crippen LogP contribution in [-0.4, -0.2) is 4.98 Å². The van der Waals surface area contributed by atoms with Crippen LogP contribution in [0.25, 0.3) is 0 Å². The van der Waals surface area contributed by atoms with Gasteiger partial charge in [0.25, 0.3) is 0 Å². The maximum absolute atomic E-state index is 4.44. The molecule has 1 rings (SSSR count). The van der Waals surface area contributed by atoms with Crippen molar-refractivity contribution in [3.63, 3.8) is 0 Å². The molecule has 0 aliphatic rings. The van der Waals surface area contributed by atoms with Crippen molar-refractivity contribution in [2.45, 2.75) is 59.8 Å². The van der Waals surface area contributed by atoms with E-state index in [1.165, 1.54) is 54.5 Å². The van der Waals surface area contributed by atoms with E-state index in [4.69, 9.17) is 0 Å². The molecule has 1 aromatic heterocycles. The van der Waals surface area contributed by atoms with Gasteiger partial charge in [0.15, 0.2) is 0 Å². The van der Waals surface area contributed by atoms with Crippen LogP contribution in [0.4, 0.5) is 0 Å². The summed E-state index contributed by atoms with van der Waals surface area (Å²) in [7, 11) is 0. The molecule has 0 spiro atoms. The van der Waals surface area contributed by atoms with Crippen molar-refractivity contribution >= 4 is 0 Å². The zero-order valence-electron chi connectivity index (χ0n) is 10.6. The lowest BCUT2D eigenvalue weighted by Gasteiger charge is -2.10. The average molecular weight is 205 g/mol. The highest BCUT2D eigenvalue weighted by Gasteiger charge is 2.04.